The molecular formula is C16H33IN4O. The minimum absolute atomic E-state index is 0. The third-order valence-corrected chi connectivity index (χ3v) is 4.62. The molecule has 1 aliphatic heterocycles. The molecule has 0 bridgehead atoms. The van der Waals surface area contributed by atoms with Gasteiger partial charge in [-0.2, -0.15) is 0 Å². The van der Waals surface area contributed by atoms with Gasteiger partial charge in [0.1, 0.15) is 0 Å². The highest BCUT2D eigenvalue weighted by atomic mass is 127. The fraction of sp³-hybridized carbons (Fsp3) is 0.938. The standard InChI is InChI=1S/C16H32N4O.HI/c1-12-9-20(10-13(2)21-12)16(3,4)11-18-15(17)19-14-7-5-6-8-14;/h12-14H,5-11H2,1-4H3,(H3,17,18,19);1H. The lowest BCUT2D eigenvalue weighted by Crippen LogP contribution is -2.56. The number of nitrogens with one attached hydrogen (secondary N) is 1. The van der Waals surface area contributed by atoms with E-state index >= 15 is 0 Å². The van der Waals surface area contributed by atoms with Gasteiger partial charge in [0.15, 0.2) is 5.96 Å². The Kier molecular flexibility index (Phi) is 7.88. The number of guanidine groups is 1. The van der Waals surface area contributed by atoms with Crippen molar-refractivity contribution in [1.29, 1.82) is 0 Å². The summed E-state index contributed by atoms with van der Waals surface area (Å²) >= 11 is 0. The second-order valence-corrected chi connectivity index (χ2v) is 7.30. The Labute approximate surface area is 152 Å². The van der Waals surface area contributed by atoms with E-state index in [4.69, 9.17) is 10.5 Å². The molecule has 6 heteroatoms. The van der Waals surface area contributed by atoms with Gasteiger partial charge in [-0.1, -0.05) is 12.8 Å². The van der Waals surface area contributed by atoms with Crippen molar-refractivity contribution < 1.29 is 4.74 Å². The molecule has 1 saturated carbocycles. The van der Waals surface area contributed by atoms with Crippen molar-refractivity contribution in [3.05, 3.63) is 0 Å². The highest BCUT2D eigenvalue weighted by Gasteiger charge is 2.33. The lowest BCUT2D eigenvalue weighted by Gasteiger charge is -2.44. The molecule has 0 radical (unpaired) electrons. The normalized spacial score (nSPS) is 28.5. The summed E-state index contributed by atoms with van der Waals surface area (Å²) in [6.07, 6.45) is 5.62. The Hall–Kier alpha value is -0.0800. The molecule has 0 spiro atoms. The van der Waals surface area contributed by atoms with Crippen LogP contribution in [0.25, 0.3) is 0 Å². The summed E-state index contributed by atoms with van der Waals surface area (Å²) in [7, 11) is 0. The van der Waals surface area contributed by atoms with Gasteiger partial charge < -0.3 is 15.8 Å². The zero-order chi connectivity index (χ0) is 15.5. The molecule has 1 heterocycles. The average Bonchev–Trinajstić information content (AvgIpc) is 2.88. The van der Waals surface area contributed by atoms with E-state index in [2.05, 4.69) is 42.9 Å². The van der Waals surface area contributed by atoms with Crippen molar-refractivity contribution in [2.75, 3.05) is 19.6 Å². The van der Waals surface area contributed by atoms with Crippen LogP contribution in [-0.2, 0) is 4.74 Å². The molecule has 22 heavy (non-hydrogen) atoms. The second kappa shape index (κ2) is 8.68. The van der Waals surface area contributed by atoms with Gasteiger partial charge in [-0.15, -0.1) is 24.0 Å². The van der Waals surface area contributed by atoms with Crippen LogP contribution in [0.2, 0.25) is 0 Å². The molecule has 3 N–H and O–H groups in total. The zero-order valence-corrected chi connectivity index (χ0v) is 16.8. The van der Waals surface area contributed by atoms with Gasteiger partial charge in [0.25, 0.3) is 0 Å². The molecule has 2 aliphatic rings. The third kappa shape index (κ3) is 5.85. The molecule has 130 valence electrons. The fourth-order valence-electron chi connectivity index (χ4n) is 3.38. The van der Waals surface area contributed by atoms with Gasteiger partial charge in [-0.25, -0.2) is 0 Å². The summed E-state index contributed by atoms with van der Waals surface area (Å²) in [5.74, 6) is 0.601. The number of halogens is 1. The zero-order valence-electron chi connectivity index (χ0n) is 14.5. The lowest BCUT2D eigenvalue weighted by atomic mass is 10.0. The number of hydrogen-bond acceptors (Lipinski definition) is 3. The Balaban J connectivity index is 0.00000242. The molecule has 0 aromatic carbocycles. The summed E-state index contributed by atoms with van der Waals surface area (Å²) in [4.78, 5) is 7.06. The Morgan fingerprint density at radius 2 is 1.77 bits per heavy atom. The summed E-state index contributed by atoms with van der Waals surface area (Å²) in [6, 6.07) is 0.528. The van der Waals surface area contributed by atoms with Crippen molar-refractivity contribution in [2.45, 2.75) is 77.2 Å². The Bertz CT molecular complexity index is 359. The van der Waals surface area contributed by atoms with Gasteiger partial charge in [-0.3, -0.25) is 9.89 Å². The van der Waals surface area contributed by atoms with Crippen molar-refractivity contribution in [2.24, 2.45) is 10.7 Å². The number of nitrogens with zero attached hydrogens (tertiary/aromatic N) is 2. The summed E-state index contributed by atoms with van der Waals surface area (Å²) in [5.41, 5.74) is 6.05. The van der Waals surface area contributed by atoms with Crippen molar-refractivity contribution in [1.82, 2.24) is 10.2 Å². The van der Waals surface area contributed by atoms with Crippen molar-refractivity contribution >= 4 is 29.9 Å². The van der Waals surface area contributed by atoms with Gasteiger partial charge in [0.05, 0.1) is 18.8 Å². The van der Waals surface area contributed by atoms with E-state index in [1.165, 1.54) is 25.7 Å². The van der Waals surface area contributed by atoms with E-state index in [1.54, 1.807) is 0 Å². The Morgan fingerprint density at radius 1 is 1.23 bits per heavy atom. The van der Waals surface area contributed by atoms with E-state index in [-0.39, 0.29) is 41.7 Å². The Morgan fingerprint density at radius 3 is 2.32 bits per heavy atom. The summed E-state index contributed by atoms with van der Waals surface area (Å²) < 4.78 is 5.81. The molecule has 0 aromatic rings. The highest BCUT2D eigenvalue weighted by molar-refractivity contribution is 14.0. The summed E-state index contributed by atoms with van der Waals surface area (Å²) in [6.45, 7) is 11.4. The molecule has 1 aliphatic carbocycles. The van der Waals surface area contributed by atoms with E-state index < -0.39 is 0 Å². The summed E-state index contributed by atoms with van der Waals surface area (Å²) in [5, 5.41) is 3.36. The molecule has 2 fully saturated rings. The molecular weight excluding hydrogens is 391 g/mol. The van der Waals surface area contributed by atoms with Crippen molar-refractivity contribution in [3.8, 4) is 0 Å². The van der Waals surface area contributed by atoms with E-state index in [0.717, 1.165) is 19.6 Å². The first-order valence-electron chi connectivity index (χ1n) is 8.34. The molecule has 2 atom stereocenters. The molecule has 0 amide bonds. The van der Waals surface area contributed by atoms with Gasteiger partial charge in [0.2, 0.25) is 0 Å². The topological polar surface area (TPSA) is 62.9 Å². The maximum absolute atomic E-state index is 6.04. The largest absolute Gasteiger partial charge is 0.373 e. The monoisotopic (exact) mass is 424 g/mol. The van der Waals surface area contributed by atoms with Crippen LogP contribution in [0.3, 0.4) is 0 Å². The molecule has 5 nitrogen and oxygen atoms in total. The minimum atomic E-state index is 0. The third-order valence-electron chi connectivity index (χ3n) is 4.62. The van der Waals surface area contributed by atoms with E-state index in [9.17, 15) is 0 Å². The number of morpholine rings is 1. The van der Waals surface area contributed by atoms with Gasteiger partial charge in [-0.05, 0) is 40.5 Å². The predicted molar refractivity (Wildman–Crippen MR) is 103 cm³/mol. The van der Waals surface area contributed by atoms with Crippen LogP contribution in [0.1, 0.15) is 53.4 Å². The van der Waals surface area contributed by atoms with Crippen LogP contribution in [0.4, 0.5) is 0 Å². The molecule has 0 aromatic heterocycles. The van der Waals surface area contributed by atoms with Crippen LogP contribution in [0.15, 0.2) is 4.99 Å². The fourth-order valence-corrected chi connectivity index (χ4v) is 3.38. The van der Waals surface area contributed by atoms with Crippen LogP contribution in [-0.4, -0.2) is 54.3 Å². The van der Waals surface area contributed by atoms with Crippen LogP contribution >= 0.6 is 24.0 Å². The van der Waals surface area contributed by atoms with Gasteiger partial charge in [0, 0.05) is 24.7 Å². The van der Waals surface area contributed by atoms with Crippen molar-refractivity contribution in [3.63, 3.8) is 0 Å². The maximum Gasteiger partial charge on any atom is 0.188 e. The number of rotatable bonds is 4. The number of aliphatic imine (C=N–C) groups is 1. The second-order valence-electron chi connectivity index (χ2n) is 7.30. The average molecular weight is 424 g/mol. The minimum Gasteiger partial charge on any atom is -0.373 e. The first-order chi connectivity index (χ1) is 9.87. The highest BCUT2D eigenvalue weighted by Crippen LogP contribution is 2.21. The SMILES string of the molecule is CC1CN(C(C)(C)CN=C(N)NC2CCCC2)CC(C)O1.I. The molecule has 1 saturated heterocycles. The van der Waals surface area contributed by atoms with Crippen LogP contribution in [0.5, 0.6) is 0 Å². The van der Waals surface area contributed by atoms with Gasteiger partial charge >= 0.3 is 0 Å². The maximum atomic E-state index is 6.04. The van der Waals surface area contributed by atoms with Crippen LogP contribution < -0.4 is 11.1 Å². The van der Waals surface area contributed by atoms with E-state index in [0.29, 0.717) is 12.0 Å². The lowest BCUT2D eigenvalue weighted by molar-refractivity contribution is -0.0939. The predicted octanol–water partition coefficient (Wildman–Crippen LogP) is 2.34. The quantitative estimate of drug-likeness (QED) is 0.413. The number of nitrogens with two attached hydrogens (primary N) is 1. The molecule has 2 unspecified atom stereocenters. The first kappa shape index (κ1) is 20.0. The van der Waals surface area contributed by atoms with Crippen LogP contribution in [0, 0.1) is 0 Å². The van der Waals surface area contributed by atoms with E-state index in [1.807, 2.05) is 0 Å². The first-order valence-corrected chi connectivity index (χ1v) is 8.34. The smallest absolute Gasteiger partial charge is 0.188 e. The number of hydrogen-bond donors (Lipinski definition) is 2. The molecule has 2 rings (SSSR count). The number of ether oxygens (including phenoxy) is 1.